The lowest BCUT2D eigenvalue weighted by atomic mass is 10.2. The highest BCUT2D eigenvalue weighted by atomic mass is 16.2. The van der Waals surface area contributed by atoms with Crippen molar-refractivity contribution in [1.82, 2.24) is 19.7 Å². The molecule has 2 heterocycles. The molecule has 3 aromatic rings. The van der Waals surface area contributed by atoms with Crippen LogP contribution in [0.15, 0.2) is 54.9 Å². The van der Waals surface area contributed by atoms with Crippen LogP contribution in [-0.4, -0.2) is 25.7 Å². The molecule has 0 aliphatic heterocycles. The highest BCUT2D eigenvalue weighted by molar-refractivity contribution is 5.83. The number of benzene rings is 1. The third-order valence-electron chi connectivity index (χ3n) is 3.52. The van der Waals surface area contributed by atoms with E-state index in [2.05, 4.69) is 20.4 Å². The number of pyridine rings is 1. The Labute approximate surface area is 140 Å². The van der Waals surface area contributed by atoms with Crippen molar-refractivity contribution in [2.24, 2.45) is 5.92 Å². The molecule has 0 saturated heterocycles. The summed E-state index contributed by atoms with van der Waals surface area (Å²) >= 11 is 0. The molecule has 0 radical (unpaired) electrons. The van der Waals surface area contributed by atoms with Crippen LogP contribution in [0.3, 0.4) is 0 Å². The van der Waals surface area contributed by atoms with Crippen LogP contribution in [0.4, 0.5) is 5.95 Å². The number of hydrogen-bond acceptors (Lipinski definition) is 5. The van der Waals surface area contributed by atoms with Crippen LogP contribution in [0.5, 0.6) is 0 Å². The first-order valence-corrected chi connectivity index (χ1v) is 7.84. The second-order valence-corrected chi connectivity index (χ2v) is 5.74. The van der Waals surface area contributed by atoms with E-state index in [-0.39, 0.29) is 11.8 Å². The summed E-state index contributed by atoms with van der Waals surface area (Å²) in [6, 6.07) is 13.6. The van der Waals surface area contributed by atoms with Crippen LogP contribution in [0.25, 0.3) is 11.4 Å². The molecule has 24 heavy (non-hydrogen) atoms. The maximum Gasteiger partial charge on any atom is 0.252 e. The Morgan fingerprint density at radius 2 is 1.96 bits per heavy atom. The summed E-state index contributed by atoms with van der Waals surface area (Å²) in [5, 5.41) is 7.57. The van der Waals surface area contributed by atoms with E-state index in [1.54, 1.807) is 12.4 Å². The maximum absolute atomic E-state index is 12.4. The van der Waals surface area contributed by atoms with Crippen molar-refractivity contribution in [3.63, 3.8) is 0 Å². The zero-order valence-electron chi connectivity index (χ0n) is 13.7. The van der Waals surface area contributed by atoms with Gasteiger partial charge in [-0.1, -0.05) is 44.2 Å². The third-order valence-corrected chi connectivity index (χ3v) is 3.52. The number of aromatic nitrogens is 4. The molecule has 0 bridgehead atoms. The van der Waals surface area contributed by atoms with Crippen molar-refractivity contribution >= 4 is 11.9 Å². The summed E-state index contributed by atoms with van der Waals surface area (Å²) in [6.07, 6.45) is 3.37. The van der Waals surface area contributed by atoms with Crippen molar-refractivity contribution in [2.45, 2.75) is 20.4 Å². The van der Waals surface area contributed by atoms with E-state index >= 15 is 0 Å². The minimum atomic E-state index is -0.175. The monoisotopic (exact) mass is 321 g/mol. The van der Waals surface area contributed by atoms with E-state index in [0.717, 1.165) is 11.1 Å². The van der Waals surface area contributed by atoms with Crippen LogP contribution in [0, 0.1) is 5.92 Å². The van der Waals surface area contributed by atoms with Crippen LogP contribution < -0.4 is 5.32 Å². The Balaban J connectivity index is 1.91. The molecule has 1 aromatic carbocycles. The Kier molecular flexibility index (Phi) is 4.65. The summed E-state index contributed by atoms with van der Waals surface area (Å²) in [5.41, 5.74) is 1.88. The average molecular weight is 321 g/mol. The lowest BCUT2D eigenvalue weighted by Gasteiger charge is -2.08. The number of hydrogen-bond donors (Lipinski definition) is 1. The summed E-state index contributed by atoms with van der Waals surface area (Å²) in [7, 11) is 0. The predicted molar refractivity (Wildman–Crippen MR) is 92.5 cm³/mol. The lowest BCUT2D eigenvalue weighted by molar-refractivity contribution is 0.0841. The largest absolute Gasteiger partial charge is 0.350 e. The molecular weight excluding hydrogens is 302 g/mol. The Morgan fingerprint density at radius 3 is 2.62 bits per heavy atom. The molecule has 0 fully saturated rings. The molecule has 122 valence electrons. The summed E-state index contributed by atoms with van der Waals surface area (Å²) in [5.74, 6) is 0.642. The highest BCUT2D eigenvalue weighted by Gasteiger charge is 2.19. The van der Waals surface area contributed by atoms with Crippen molar-refractivity contribution < 1.29 is 4.79 Å². The Hall–Kier alpha value is -3.02. The molecule has 1 N–H and O–H groups in total. The van der Waals surface area contributed by atoms with Crippen LogP contribution in [-0.2, 0) is 6.54 Å². The molecule has 0 aliphatic rings. The minimum absolute atomic E-state index is 0.104. The van der Waals surface area contributed by atoms with E-state index in [1.807, 2.05) is 56.3 Å². The topological polar surface area (TPSA) is 72.7 Å². The predicted octanol–water partition coefficient (Wildman–Crippen LogP) is 3.25. The molecule has 0 saturated carbocycles. The molecule has 0 atom stereocenters. The fourth-order valence-electron chi connectivity index (χ4n) is 2.22. The van der Waals surface area contributed by atoms with Gasteiger partial charge < -0.3 is 5.32 Å². The summed E-state index contributed by atoms with van der Waals surface area (Å²) < 4.78 is 1.34. The second-order valence-electron chi connectivity index (χ2n) is 5.74. The van der Waals surface area contributed by atoms with E-state index in [1.165, 1.54) is 4.68 Å². The summed E-state index contributed by atoms with van der Waals surface area (Å²) in [4.78, 5) is 21.0. The van der Waals surface area contributed by atoms with Gasteiger partial charge >= 0.3 is 0 Å². The number of rotatable bonds is 5. The minimum Gasteiger partial charge on any atom is -0.350 e. The van der Waals surface area contributed by atoms with E-state index in [0.29, 0.717) is 18.3 Å². The van der Waals surface area contributed by atoms with Crippen molar-refractivity contribution in [3.05, 3.63) is 60.4 Å². The van der Waals surface area contributed by atoms with Gasteiger partial charge in [-0.3, -0.25) is 9.78 Å². The molecule has 3 rings (SSSR count). The molecule has 6 nitrogen and oxygen atoms in total. The van der Waals surface area contributed by atoms with Crippen molar-refractivity contribution in [3.8, 4) is 11.4 Å². The van der Waals surface area contributed by atoms with E-state index in [4.69, 9.17) is 0 Å². The smallest absolute Gasteiger partial charge is 0.252 e. The number of nitrogens with zero attached hydrogens (tertiary/aromatic N) is 4. The number of carbonyl (C=O) groups excluding carboxylic acids is 1. The van der Waals surface area contributed by atoms with Gasteiger partial charge in [0.05, 0.1) is 0 Å². The quantitative estimate of drug-likeness (QED) is 0.781. The third kappa shape index (κ3) is 3.48. The van der Waals surface area contributed by atoms with E-state index in [9.17, 15) is 4.79 Å². The van der Waals surface area contributed by atoms with Gasteiger partial charge in [0.15, 0.2) is 5.82 Å². The number of carbonyl (C=O) groups is 1. The van der Waals surface area contributed by atoms with Gasteiger partial charge in [0.1, 0.15) is 0 Å². The Morgan fingerprint density at radius 1 is 1.17 bits per heavy atom. The Bertz CT molecular complexity index is 812. The molecule has 2 aromatic heterocycles. The van der Waals surface area contributed by atoms with Gasteiger partial charge in [-0.05, 0) is 17.7 Å². The first-order valence-electron chi connectivity index (χ1n) is 7.84. The molecule has 0 amide bonds. The van der Waals surface area contributed by atoms with Crippen LogP contribution >= 0.6 is 0 Å². The second kappa shape index (κ2) is 7.04. The standard InChI is InChI=1S/C18H19N5O/c1-13(2)17(24)23-18(20-11-14-7-4-3-5-8-14)21-16(22-23)15-9-6-10-19-12-15/h3-10,12-13H,11H2,1-2H3,(H,20,21,22). The fourth-order valence-corrected chi connectivity index (χ4v) is 2.22. The van der Waals surface area contributed by atoms with Gasteiger partial charge in [-0.15, -0.1) is 5.10 Å². The van der Waals surface area contributed by atoms with Gasteiger partial charge in [0.25, 0.3) is 5.91 Å². The van der Waals surface area contributed by atoms with Gasteiger partial charge in [-0.25, -0.2) is 0 Å². The van der Waals surface area contributed by atoms with Crippen LogP contribution in [0.1, 0.15) is 24.2 Å². The molecule has 6 heteroatoms. The highest BCUT2D eigenvalue weighted by Crippen LogP contribution is 2.18. The normalized spacial score (nSPS) is 10.8. The lowest BCUT2D eigenvalue weighted by Crippen LogP contribution is -2.21. The van der Waals surface area contributed by atoms with Crippen LogP contribution in [0.2, 0.25) is 0 Å². The average Bonchev–Trinajstić information content (AvgIpc) is 3.05. The van der Waals surface area contributed by atoms with Crippen molar-refractivity contribution in [1.29, 1.82) is 0 Å². The van der Waals surface area contributed by atoms with E-state index < -0.39 is 0 Å². The first-order chi connectivity index (χ1) is 11.6. The molecular formula is C18H19N5O. The molecule has 0 spiro atoms. The first kappa shape index (κ1) is 15.9. The summed E-state index contributed by atoms with van der Waals surface area (Å²) in [6.45, 7) is 4.25. The zero-order valence-corrected chi connectivity index (χ0v) is 13.7. The number of anilines is 1. The van der Waals surface area contributed by atoms with Gasteiger partial charge in [0, 0.05) is 30.4 Å². The fraction of sp³-hybridized carbons (Fsp3) is 0.222. The zero-order chi connectivity index (χ0) is 16.9. The van der Waals surface area contributed by atoms with Gasteiger partial charge in [0.2, 0.25) is 5.95 Å². The maximum atomic E-state index is 12.4. The molecule has 0 aliphatic carbocycles. The number of nitrogens with one attached hydrogen (secondary N) is 1. The SMILES string of the molecule is CC(C)C(=O)n1nc(-c2cccnc2)nc1NCc1ccccc1. The molecule has 0 unspecified atom stereocenters. The van der Waals surface area contributed by atoms with Gasteiger partial charge in [-0.2, -0.15) is 9.67 Å². The van der Waals surface area contributed by atoms with Crippen molar-refractivity contribution in [2.75, 3.05) is 5.32 Å².